The Labute approximate surface area is 195 Å². The van der Waals surface area contributed by atoms with E-state index in [2.05, 4.69) is 9.97 Å². The lowest BCUT2D eigenvalue weighted by atomic mass is 10.0. The van der Waals surface area contributed by atoms with Gasteiger partial charge in [0.25, 0.3) is 15.9 Å². The van der Waals surface area contributed by atoms with E-state index in [0.29, 0.717) is 28.6 Å². The first kappa shape index (κ1) is 21.8. The first-order chi connectivity index (χ1) is 15.3. The predicted molar refractivity (Wildman–Crippen MR) is 123 cm³/mol. The van der Waals surface area contributed by atoms with Crippen molar-refractivity contribution in [3.8, 4) is 0 Å². The lowest BCUT2D eigenvalue weighted by Gasteiger charge is -2.33. The van der Waals surface area contributed by atoms with Crippen LogP contribution in [0.4, 0.5) is 0 Å². The first-order valence-corrected chi connectivity index (χ1v) is 13.1. The molecule has 5 rings (SSSR count). The molecule has 2 aromatic heterocycles. The van der Waals surface area contributed by atoms with Gasteiger partial charge in [-0.1, -0.05) is 11.6 Å². The van der Waals surface area contributed by atoms with Crippen LogP contribution in [0.3, 0.4) is 0 Å². The van der Waals surface area contributed by atoms with Crippen molar-refractivity contribution in [2.75, 3.05) is 33.3 Å². The monoisotopic (exact) mass is 494 g/mol. The number of thiazole rings is 1. The van der Waals surface area contributed by atoms with Gasteiger partial charge in [0.2, 0.25) is 0 Å². The average molecular weight is 495 g/mol. The van der Waals surface area contributed by atoms with Crippen molar-refractivity contribution in [3.05, 3.63) is 44.9 Å². The van der Waals surface area contributed by atoms with Gasteiger partial charge in [-0.3, -0.25) is 4.79 Å². The van der Waals surface area contributed by atoms with E-state index in [4.69, 9.17) is 16.3 Å². The molecule has 1 aliphatic carbocycles. The van der Waals surface area contributed by atoms with Gasteiger partial charge in [-0.25, -0.2) is 13.4 Å². The fourth-order valence-corrected chi connectivity index (χ4v) is 7.02. The number of benzene rings is 1. The number of H-pyrrole nitrogens is 1. The summed E-state index contributed by atoms with van der Waals surface area (Å²) in [7, 11) is -1.98. The van der Waals surface area contributed by atoms with Gasteiger partial charge in [-0.2, -0.15) is 4.31 Å². The number of hydrogen-bond acceptors (Lipinski definition) is 6. The van der Waals surface area contributed by atoms with Gasteiger partial charge in [-0.05, 0) is 37.1 Å². The van der Waals surface area contributed by atoms with E-state index in [1.54, 1.807) is 36.3 Å². The molecule has 2 aliphatic rings. The lowest BCUT2D eigenvalue weighted by molar-refractivity contribution is 0.0697. The molecule has 3 heterocycles. The van der Waals surface area contributed by atoms with Crippen LogP contribution in [0.1, 0.15) is 26.8 Å². The van der Waals surface area contributed by atoms with Crippen molar-refractivity contribution in [1.82, 2.24) is 19.2 Å². The molecule has 1 amide bonds. The number of hydrogen-bond donors (Lipinski definition) is 1. The highest BCUT2D eigenvalue weighted by atomic mass is 35.5. The molecule has 1 atom stereocenters. The minimum absolute atomic E-state index is 0.129. The molecule has 1 unspecified atom stereocenters. The Hall–Kier alpha value is -1.98. The molecule has 1 fully saturated rings. The van der Waals surface area contributed by atoms with Crippen LogP contribution in [-0.4, -0.2) is 72.9 Å². The summed E-state index contributed by atoms with van der Waals surface area (Å²) in [5.74, 6) is -0.129. The summed E-state index contributed by atoms with van der Waals surface area (Å²) >= 11 is 7.45. The number of aromatic nitrogens is 2. The Morgan fingerprint density at radius 2 is 2.03 bits per heavy atom. The van der Waals surface area contributed by atoms with Gasteiger partial charge in [0.1, 0.15) is 5.03 Å². The van der Waals surface area contributed by atoms with Crippen LogP contribution >= 0.6 is 22.9 Å². The molecule has 0 radical (unpaired) electrons. The van der Waals surface area contributed by atoms with Gasteiger partial charge < -0.3 is 14.6 Å². The zero-order valence-electron chi connectivity index (χ0n) is 17.5. The van der Waals surface area contributed by atoms with E-state index in [1.165, 1.54) is 15.6 Å². The number of sulfonamides is 1. The van der Waals surface area contributed by atoms with E-state index >= 15 is 0 Å². The maximum absolute atomic E-state index is 13.1. The van der Waals surface area contributed by atoms with E-state index in [-0.39, 0.29) is 30.1 Å². The summed E-state index contributed by atoms with van der Waals surface area (Å²) in [5, 5.41) is 1.91. The summed E-state index contributed by atoms with van der Waals surface area (Å²) in [4.78, 5) is 23.3. The van der Waals surface area contributed by atoms with Crippen LogP contribution in [0.15, 0.2) is 29.3 Å². The van der Waals surface area contributed by atoms with Gasteiger partial charge >= 0.3 is 0 Å². The Balaban J connectivity index is 1.27. The molecule has 32 heavy (non-hydrogen) atoms. The summed E-state index contributed by atoms with van der Waals surface area (Å²) in [5.41, 5.74) is 1.71. The van der Waals surface area contributed by atoms with E-state index < -0.39 is 10.0 Å². The number of carbonyl (C=O) groups excluding carboxylic acids is 1. The highest BCUT2D eigenvalue weighted by Gasteiger charge is 2.33. The van der Waals surface area contributed by atoms with Crippen molar-refractivity contribution in [2.24, 2.45) is 0 Å². The van der Waals surface area contributed by atoms with Crippen molar-refractivity contribution in [2.45, 2.75) is 30.4 Å². The molecule has 3 aromatic rings. The SMILES string of the molecule is COC1CCc2nc(C(=O)N3CCN(S(=O)(=O)c4cc5cc(Cl)ccc5[nH]4)CC3)sc2C1. The molecule has 1 aliphatic heterocycles. The summed E-state index contributed by atoms with van der Waals surface area (Å²) in [6.45, 7) is 1.13. The normalized spacial score (nSPS) is 19.9. The van der Waals surface area contributed by atoms with Gasteiger partial charge in [0, 0.05) is 60.5 Å². The van der Waals surface area contributed by atoms with Crippen molar-refractivity contribution < 1.29 is 17.9 Å². The average Bonchev–Trinajstić information content (AvgIpc) is 3.42. The Morgan fingerprint density at radius 1 is 1.25 bits per heavy atom. The molecule has 1 saturated heterocycles. The number of carbonyl (C=O) groups is 1. The third-order valence-corrected chi connectivity index (χ3v) is 9.28. The number of halogens is 1. The lowest BCUT2D eigenvalue weighted by Crippen LogP contribution is -2.50. The summed E-state index contributed by atoms with van der Waals surface area (Å²) in [6.07, 6.45) is 2.70. The molecular weight excluding hydrogens is 472 g/mol. The first-order valence-electron chi connectivity index (χ1n) is 10.4. The third kappa shape index (κ3) is 3.94. The second-order valence-electron chi connectivity index (χ2n) is 8.05. The number of aryl methyl sites for hydroxylation is 1. The number of amides is 1. The highest BCUT2D eigenvalue weighted by molar-refractivity contribution is 7.89. The van der Waals surface area contributed by atoms with Crippen LogP contribution < -0.4 is 0 Å². The molecular formula is C21H23ClN4O4S2. The van der Waals surface area contributed by atoms with E-state index in [0.717, 1.165) is 35.2 Å². The Morgan fingerprint density at radius 3 is 2.78 bits per heavy atom. The van der Waals surface area contributed by atoms with Crippen LogP contribution in [0.25, 0.3) is 10.9 Å². The van der Waals surface area contributed by atoms with Crippen molar-refractivity contribution >= 4 is 49.8 Å². The Bertz CT molecular complexity index is 1280. The quantitative estimate of drug-likeness (QED) is 0.601. The van der Waals surface area contributed by atoms with Crippen molar-refractivity contribution in [3.63, 3.8) is 0 Å². The van der Waals surface area contributed by atoms with Crippen LogP contribution in [0, 0.1) is 0 Å². The standard InChI is InChI=1S/C21H23ClN4O4S2/c1-30-15-3-5-17-18(12-15)31-20(24-17)21(27)25-6-8-26(9-7-25)32(28,29)19-11-13-10-14(22)2-4-16(13)23-19/h2,4,10-11,15,23H,3,5-9,12H2,1H3. The molecule has 0 spiro atoms. The van der Waals surface area contributed by atoms with Gasteiger partial charge in [0.05, 0.1) is 11.8 Å². The number of rotatable bonds is 4. The number of aromatic amines is 1. The molecule has 11 heteroatoms. The minimum Gasteiger partial charge on any atom is -0.381 e. The maximum atomic E-state index is 13.1. The van der Waals surface area contributed by atoms with Gasteiger partial charge in [0.15, 0.2) is 5.01 Å². The molecule has 0 saturated carbocycles. The number of fused-ring (bicyclic) bond motifs is 2. The molecule has 8 nitrogen and oxygen atoms in total. The highest BCUT2D eigenvalue weighted by Crippen LogP contribution is 2.29. The zero-order chi connectivity index (χ0) is 22.5. The second kappa shape index (κ2) is 8.42. The smallest absolute Gasteiger partial charge is 0.282 e. The fourth-order valence-electron chi connectivity index (χ4n) is 4.26. The zero-order valence-corrected chi connectivity index (χ0v) is 19.9. The molecule has 170 valence electrons. The second-order valence-corrected chi connectivity index (χ2v) is 11.5. The maximum Gasteiger partial charge on any atom is 0.282 e. The van der Waals surface area contributed by atoms with Crippen LogP contribution in [-0.2, 0) is 27.6 Å². The molecule has 0 bridgehead atoms. The van der Waals surface area contributed by atoms with Crippen LogP contribution in [0.2, 0.25) is 5.02 Å². The van der Waals surface area contributed by atoms with Crippen molar-refractivity contribution in [1.29, 1.82) is 0 Å². The predicted octanol–water partition coefficient (Wildman–Crippen LogP) is 2.93. The minimum atomic E-state index is -3.69. The van der Waals surface area contributed by atoms with Crippen LogP contribution in [0.5, 0.6) is 0 Å². The fraction of sp³-hybridized carbons (Fsp3) is 0.429. The van der Waals surface area contributed by atoms with E-state index in [9.17, 15) is 13.2 Å². The molecule has 1 aromatic carbocycles. The summed E-state index contributed by atoms with van der Waals surface area (Å²) in [6, 6.07) is 6.80. The number of nitrogens with one attached hydrogen (secondary N) is 1. The third-order valence-electron chi connectivity index (χ3n) is 6.11. The summed E-state index contributed by atoms with van der Waals surface area (Å²) < 4.78 is 33.1. The number of methoxy groups -OCH3 is 1. The number of piperazine rings is 1. The Kier molecular flexibility index (Phi) is 5.75. The number of ether oxygens (including phenoxy) is 1. The number of nitrogens with zero attached hydrogens (tertiary/aromatic N) is 3. The van der Waals surface area contributed by atoms with E-state index in [1.807, 2.05) is 0 Å². The van der Waals surface area contributed by atoms with Gasteiger partial charge in [-0.15, -0.1) is 11.3 Å². The topological polar surface area (TPSA) is 95.6 Å². The molecule has 1 N–H and O–H groups in total. The largest absolute Gasteiger partial charge is 0.381 e.